The zero-order valence-corrected chi connectivity index (χ0v) is 11.5. The number of benzene rings is 1. The lowest BCUT2D eigenvalue weighted by Crippen LogP contribution is -2.20. The molecule has 0 bridgehead atoms. The molecule has 20 heavy (non-hydrogen) atoms. The number of hydrogen-bond donors (Lipinski definition) is 1. The summed E-state index contributed by atoms with van der Waals surface area (Å²) in [6.07, 6.45) is 1.18. The molecular weight excluding hydrogens is 258 g/mol. The minimum Gasteiger partial charge on any atom is -0.481 e. The number of carbonyl (C=O) groups excluding carboxylic acids is 1. The molecule has 1 heterocycles. The van der Waals surface area contributed by atoms with Gasteiger partial charge in [0, 0.05) is 19.5 Å². The van der Waals surface area contributed by atoms with Crippen molar-refractivity contribution < 1.29 is 19.4 Å². The van der Waals surface area contributed by atoms with E-state index in [1.54, 1.807) is 12.1 Å². The Hall–Kier alpha value is -1.88. The van der Waals surface area contributed by atoms with E-state index < -0.39 is 5.97 Å². The summed E-state index contributed by atoms with van der Waals surface area (Å²) in [7, 11) is 1.36. The van der Waals surface area contributed by atoms with E-state index in [4.69, 9.17) is 5.11 Å². The Bertz CT molecular complexity index is 483. The minimum absolute atomic E-state index is 0.248. The highest BCUT2D eigenvalue weighted by atomic mass is 16.5. The third-order valence-electron chi connectivity index (χ3n) is 3.61. The molecule has 5 heteroatoms. The van der Waals surface area contributed by atoms with Gasteiger partial charge in [-0.15, -0.1) is 0 Å². The molecule has 2 rings (SSSR count). The van der Waals surface area contributed by atoms with Crippen molar-refractivity contribution in [2.45, 2.75) is 19.4 Å². The first-order valence-corrected chi connectivity index (χ1v) is 6.70. The maximum Gasteiger partial charge on any atom is 0.337 e. The van der Waals surface area contributed by atoms with E-state index in [1.807, 2.05) is 12.1 Å². The molecule has 1 N–H and O–H groups in total. The Balaban J connectivity index is 1.88. The lowest BCUT2D eigenvalue weighted by Gasteiger charge is -2.15. The van der Waals surface area contributed by atoms with Crippen molar-refractivity contribution in [3.8, 4) is 0 Å². The Morgan fingerprint density at radius 2 is 2.05 bits per heavy atom. The molecule has 0 radical (unpaired) electrons. The number of ether oxygens (including phenoxy) is 1. The Morgan fingerprint density at radius 3 is 2.65 bits per heavy atom. The van der Waals surface area contributed by atoms with Crippen LogP contribution in [0.25, 0.3) is 0 Å². The van der Waals surface area contributed by atoms with Crippen molar-refractivity contribution in [2.24, 2.45) is 5.92 Å². The summed E-state index contributed by atoms with van der Waals surface area (Å²) in [5, 5.41) is 8.79. The van der Waals surface area contributed by atoms with E-state index in [9.17, 15) is 9.59 Å². The lowest BCUT2D eigenvalue weighted by atomic mass is 10.1. The number of carboxylic acids is 1. The molecule has 108 valence electrons. The molecule has 0 amide bonds. The standard InChI is InChI=1S/C15H19NO4/c1-20-15(19)13-4-2-11(3-5-13)9-16-7-6-12(10-16)8-14(17)18/h2-5,12H,6-10H2,1H3,(H,17,18). The first-order chi connectivity index (χ1) is 9.58. The third-order valence-corrected chi connectivity index (χ3v) is 3.61. The SMILES string of the molecule is COC(=O)c1ccc(CN2CCC(CC(=O)O)C2)cc1. The average Bonchev–Trinajstić information content (AvgIpc) is 2.85. The zero-order chi connectivity index (χ0) is 14.5. The lowest BCUT2D eigenvalue weighted by molar-refractivity contribution is -0.138. The third kappa shape index (κ3) is 3.81. The zero-order valence-electron chi connectivity index (χ0n) is 11.5. The Kier molecular flexibility index (Phi) is 4.74. The van der Waals surface area contributed by atoms with Crippen LogP contribution < -0.4 is 0 Å². The van der Waals surface area contributed by atoms with Gasteiger partial charge in [-0.05, 0) is 36.6 Å². The van der Waals surface area contributed by atoms with Crippen molar-refractivity contribution in [2.75, 3.05) is 20.2 Å². The summed E-state index contributed by atoms with van der Waals surface area (Å²) >= 11 is 0. The van der Waals surface area contributed by atoms with Crippen LogP contribution in [-0.4, -0.2) is 42.1 Å². The number of carbonyl (C=O) groups is 2. The highest BCUT2D eigenvalue weighted by Gasteiger charge is 2.24. The number of aliphatic carboxylic acids is 1. The normalized spacial score (nSPS) is 18.9. The van der Waals surface area contributed by atoms with Gasteiger partial charge in [0.2, 0.25) is 0 Å². The molecule has 1 aliphatic rings. The molecule has 0 aliphatic carbocycles. The first kappa shape index (κ1) is 14.5. The van der Waals surface area contributed by atoms with Gasteiger partial charge in [-0.2, -0.15) is 0 Å². The maximum absolute atomic E-state index is 11.3. The summed E-state index contributed by atoms with van der Waals surface area (Å²) < 4.78 is 4.66. The van der Waals surface area contributed by atoms with Crippen LogP contribution in [0.1, 0.15) is 28.8 Å². The number of likely N-dealkylation sites (tertiary alicyclic amines) is 1. The highest BCUT2D eigenvalue weighted by Crippen LogP contribution is 2.21. The molecule has 0 spiro atoms. The van der Waals surface area contributed by atoms with Gasteiger partial charge in [-0.25, -0.2) is 4.79 Å². The van der Waals surface area contributed by atoms with Gasteiger partial charge in [0.1, 0.15) is 0 Å². The van der Waals surface area contributed by atoms with Crippen LogP contribution in [-0.2, 0) is 16.1 Å². The predicted octanol–water partition coefficient (Wildman–Crippen LogP) is 1.77. The van der Waals surface area contributed by atoms with Crippen LogP contribution >= 0.6 is 0 Å². The molecule has 1 aliphatic heterocycles. The van der Waals surface area contributed by atoms with E-state index in [-0.39, 0.29) is 18.3 Å². The molecule has 1 saturated heterocycles. The fraction of sp³-hybridized carbons (Fsp3) is 0.467. The van der Waals surface area contributed by atoms with E-state index in [0.29, 0.717) is 5.56 Å². The summed E-state index contributed by atoms with van der Waals surface area (Å²) in [4.78, 5) is 24.3. The van der Waals surface area contributed by atoms with Crippen LogP contribution in [0.3, 0.4) is 0 Å². The summed E-state index contributed by atoms with van der Waals surface area (Å²) in [6, 6.07) is 7.34. The van der Waals surface area contributed by atoms with Gasteiger partial charge in [0.05, 0.1) is 12.7 Å². The second kappa shape index (κ2) is 6.52. The smallest absolute Gasteiger partial charge is 0.337 e. The van der Waals surface area contributed by atoms with E-state index >= 15 is 0 Å². The largest absolute Gasteiger partial charge is 0.481 e. The van der Waals surface area contributed by atoms with Gasteiger partial charge in [0.15, 0.2) is 0 Å². The number of hydrogen-bond acceptors (Lipinski definition) is 4. The number of carboxylic acid groups (broad SMARTS) is 1. The van der Waals surface area contributed by atoms with Crippen LogP contribution in [0.2, 0.25) is 0 Å². The van der Waals surface area contributed by atoms with Crippen molar-refractivity contribution >= 4 is 11.9 Å². The number of nitrogens with zero attached hydrogens (tertiary/aromatic N) is 1. The molecule has 1 atom stereocenters. The van der Waals surface area contributed by atoms with Gasteiger partial charge in [-0.3, -0.25) is 9.69 Å². The van der Waals surface area contributed by atoms with Gasteiger partial charge in [0.25, 0.3) is 0 Å². The monoisotopic (exact) mass is 277 g/mol. The maximum atomic E-state index is 11.3. The molecule has 1 aromatic rings. The van der Waals surface area contributed by atoms with Crippen LogP contribution in [0.15, 0.2) is 24.3 Å². The van der Waals surface area contributed by atoms with E-state index in [2.05, 4.69) is 9.64 Å². The molecular formula is C15H19NO4. The van der Waals surface area contributed by atoms with Gasteiger partial charge >= 0.3 is 11.9 Å². The quantitative estimate of drug-likeness (QED) is 0.831. The molecule has 1 fully saturated rings. The second-order valence-electron chi connectivity index (χ2n) is 5.18. The topological polar surface area (TPSA) is 66.8 Å². The van der Waals surface area contributed by atoms with Gasteiger partial charge < -0.3 is 9.84 Å². The first-order valence-electron chi connectivity index (χ1n) is 6.70. The predicted molar refractivity (Wildman–Crippen MR) is 73.4 cm³/mol. The van der Waals surface area contributed by atoms with Crippen molar-refractivity contribution in [3.63, 3.8) is 0 Å². The Labute approximate surface area is 118 Å². The number of rotatable bonds is 5. The fourth-order valence-corrected chi connectivity index (χ4v) is 2.59. The van der Waals surface area contributed by atoms with Crippen LogP contribution in [0.5, 0.6) is 0 Å². The van der Waals surface area contributed by atoms with E-state index in [1.165, 1.54) is 7.11 Å². The Morgan fingerprint density at radius 1 is 1.35 bits per heavy atom. The molecule has 0 saturated carbocycles. The van der Waals surface area contributed by atoms with Crippen LogP contribution in [0, 0.1) is 5.92 Å². The van der Waals surface area contributed by atoms with Crippen molar-refractivity contribution in [3.05, 3.63) is 35.4 Å². The van der Waals surface area contributed by atoms with Crippen LogP contribution in [0.4, 0.5) is 0 Å². The number of methoxy groups -OCH3 is 1. The van der Waals surface area contributed by atoms with Crippen molar-refractivity contribution in [1.29, 1.82) is 0 Å². The summed E-state index contributed by atoms with van der Waals surface area (Å²) in [5.74, 6) is -0.805. The highest BCUT2D eigenvalue weighted by molar-refractivity contribution is 5.89. The van der Waals surface area contributed by atoms with Gasteiger partial charge in [-0.1, -0.05) is 12.1 Å². The average molecular weight is 277 g/mol. The second-order valence-corrected chi connectivity index (χ2v) is 5.18. The fourth-order valence-electron chi connectivity index (χ4n) is 2.59. The molecule has 5 nitrogen and oxygen atoms in total. The molecule has 1 aromatic carbocycles. The number of esters is 1. The minimum atomic E-state index is -0.723. The van der Waals surface area contributed by atoms with Crippen molar-refractivity contribution in [1.82, 2.24) is 4.90 Å². The summed E-state index contributed by atoms with van der Waals surface area (Å²) in [5.41, 5.74) is 1.66. The molecule has 0 aromatic heterocycles. The van der Waals surface area contributed by atoms with E-state index in [0.717, 1.165) is 31.6 Å². The molecule has 1 unspecified atom stereocenters. The summed E-state index contributed by atoms with van der Waals surface area (Å²) in [6.45, 7) is 2.54.